The second kappa shape index (κ2) is 5.16. The fourth-order valence-electron chi connectivity index (χ4n) is 2.04. The molecule has 4 nitrogen and oxygen atoms in total. The quantitative estimate of drug-likeness (QED) is 0.886. The first-order valence-electron chi connectivity index (χ1n) is 5.75. The molecule has 0 bridgehead atoms. The van der Waals surface area contributed by atoms with Gasteiger partial charge in [0.15, 0.2) is 0 Å². The van der Waals surface area contributed by atoms with Gasteiger partial charge in [0, 0.05) is 23.4 Å². The Morgan fingerprint density at radius 3 is 2.88 bits per heavy atom. The highest BCUT2D eigenvalue weighted by atomic mass is 32.1. The van der Waals surface area contributed by atoms with Gasteiger partial charge in [-0.2, -0.15) is 0 Å². The molecular formula is C12H18N2O2S. The third-order valence-corrected chi connectivity index (χ3v) is 3.99. The number of methoxy groups -OCH3 is 1. The number of carbonyl (C=O) groups is 1. The monoisotopic (exact) mass is 254 g/mol. The molecular weight excluding hydrogens is 236 g/mol. The topological polar surface area (TPSA) is 41.6 Å². The number of thiophene rings is 1. The third kappa shape index (κ3) is 2.51. The van der Waals surface area contributed by atoms with E-state index in [1.165, 1.54) is 9.75 Å². The van der Waals surface area contributed by atoms with E-state index in [1.807, 2.05) is 11.8 Å². The van der Waals surface area contributed by atoms with Gasteiger partial charge in [-0.25, -0.2) is 0 Å². The molecule has 0 saturated carbocycles. The molecule has 1 saturated heterocycles. The van der Waals surface area contributed by atoms with Crippen molar-refractivity contribution in [1.29, 1.82) is 0 Å². The molecule has 2 atom stereocenters. The lowest BCUT2D eigenvalue weighted by Gasteiger charge is -2.22. The highest BCUT2D eigenvalue weighted by Crippen LogP contribution is 2.30. The molecule has 0 radical (unpaired) electrons. The molecule has 0 aromatic carbocycles. The van der Waals surface area contributed by atoms with Crippen molar-refractivity contribution in [3.05, 3.63) is 21.9 Å². The van der Waals surface area contributed by atoms with E-state index >= 15 is 0 Å². The summed E-state index contributed by atoms with van der Waals surface area (Å²) in [6.45, 7) is 5.19. The van der Waals surface area contributed by atoms with E-state index in [0.29, 0.717) is 13.2 Å². The predicted molar refractivity (Wildman–Crippen MR) is 68.0 cm³/mol. The molecule has 5 heteroatoms. The Kier molecular flexibility index (Phi) is 3.81. The molecule has 94 valence electrons. The van der Waals surface area contributed by atoms with Crippen LogP contribution in [0.5, 0.6) is 0 Å². The minimum absolute atomic E-state index is 0.00588. The molecule has 2 unspecified atom stereocenters. The van der Waals surface area contributed by atoms with Gasteiger partial charge < -0.3 is 9.64 Å². The zero-order valence-electron chi connectivity index (χ0n) is 10.4. The number of ether oxygens (including phenoxy) is 1. The van der Waals surface area contributed by atoms with Gasteiger partial charge >= 0.3 is 0 Å². The van der Waals surface area contributed by atoms with Crippen molar-refractivity contribution in [2.24, 2.45) is 0 Å². The van der Waals surface area contributed by atoms with E-state index in [9.17, 15) is 4.79 Å². The molecule has 1 amide bonds. The minimum atomic E-state index is -0.112. The summed E-state index contributed by atoms with van der Waals surface area (Å²) in [6, 6.07) is 4.06. The number of hydrogen-bond donors (Lipinski definition) is 1. The lowest BCUT2D eigenvalue weighted by molar-refractivity contribution is -0.130. The van der Waals surface area contributed by atoms with E-state index in [1.54, 1.807) is 18.4 Å². The summed E-state index contributed by atoms with van der Waals surface area (Å²) in [5.74, 6) is 0.151. The zero-order chi connectivity index (χ0) is 12.4. The van der Waals surface area contributed by atoms with Gasteiger partial charge in [0.2, 0.25) is 5.91 Å². The normalized spacial score (nSPS) is 24.6. The molecule has 1 aromatic rings. The van der Waals surface area contributed by atoms with Crippen LogP contribution in [0, 0.1) is 6.92 Å². The number of nitrogens with zero attached hydrogens (tertiary/aromatic N) is 1. The van der Waals surface area contributed by atoms with E-state index in [0.717, 1.165) is 0 Å². The highest BCUT2D eigenvalue weighted by molar-refractivity contribution is 7.12. The zero-order valence-corrected chi connectivity index (χ0v) is 11.2. The number of rotatable bonds is 4. The number of hydrogen-bond acceptors (Lipinski definition) is 4. The molecule has 1 N–H and O–H groups in total. The van der Waals surface area contributed by atoms with Crippen molar-refractivity contribution < 1.29 is 9.53 Å². The summed E-state index contributed by atoms with van der Waals surface area (Å²) in [5.41, 5.74) is 0. The first-order chi connectivity index (χ1) is 8.13. The van der Waals surface area contributed by atoms with Gasteiger partial charge in [-0.1, -0.05) is 0 Å². The van der Waals surface area contributed by atoms with Gasteiger partial charge in [-0.15, -0.1) is 11.3 Å². The molecule has 2 heterocycles. The molecule has 1 aliphatic rings. The van der Waals surface area contributed by atoms with Crippen molar-refractivity contribution in [2.45, 2.75) is 26.1 Å². The van der Waals surface area contributed by atoms with Gasteiger partial charge in [0.1, 0.15) is 6.17 Å². The van der Waals surface area contributed by atoms with Crippen molar-refractivity contribution >= 4 is 17.2 Å². The smallest absolute Gasteiger partial charge is 0.241 e. The van der Waals surface area contributed by atoms with Crippen LogP contribution in [0.3, 0.4) is 0 Å². The van der Waals surface area contributed by atoms with E-state index in [2.05, 4.69) is 24.4 Å². The third-order valence-electron chi connectivity index (χ3n) is 2.94. The van der Waals surface area contributed by atoms with Crippen LogP contribution in [-0.4, -0.2) is 37.1 Å². The van der Waals surface area contributed by atoms with Crippen LogP contribution in [-0.2, 0) is 9.53 Å². The Bertz CT molecular complexity index is 405. The van der Waals surface area contributed by atoms with Gasteiger partial charge in [-0.05, 0) is 26.0 Å². The molecule has 1 aliphatic heterocycles. The Morgan fingerprint density at radius 2 is 2.29 bits per heavy atom. The number of amides is 1. The standard InChI is InChI=1S/C12H18N2O2S/c1-8-4-5-10(17-8)11-13-9(2)12(15)14(11)6-7-16-3/h4-5,9,11,13H,6-7H2,1-3H3. The second-order valence-electron chi connectivity index (χ2n) is 4.26. The van der Waals surface area contributed by atoms with E-state index in [-0.39, 0.29) is 18.1 Å². The summed E-state index contributed by atoms with van der Waals surface area (Å²) in [4.78, 5) is 16.3. The maximum absolute atomic E-state index is 12.0. The largest absolute Gasteiger partial charge is 0.383 e. The Morgan fingerprint density at radius 1 is 1.53 bits per heavy atom. The molecule has 17 heavy (non-hydrogen) atoms. The van der Waals surface area contributed by atoms with Crippen molar-refractivity contribution in [3.63, 3.8) is 0 Å². The Balaban J connectivity index is 2.16. The lowest BCUT2D eigenvalue weighted by atomic mass is 10.3. The molecule has 1 aromatic heterocycles. The summed E-state index contributed by atoms with van der Waals surface area (Å²) >= 11 is 1.73. The SMILES string of the molecule is COCCN1C(=O)C(C)NC1c1ccc(C)s1. The first-order valence-corrected chi connectivity index (χ1v) is 6.57. The second-order valence-corrected chi connectivity index (χ2v) is 5.58. The number of aryl methyl sites for hydroxylation is 1. The van der Waals surface area contributed by atoms with Crippen molar-refractivity contribution in [3.8, 4) is 0 Å². The predicted octanol–water partition coefficient (Wildman–Crippen LogP) is 1.52. The summed E-state index contributed by atoms with van der Waals surface area (Å²) in [5, 5.41) is 3.32. The Hall–Kier alpha value is -0.910. The fourth-order valence-corrected chi connectivity index (χ4v) is 2.99. The van der Waals surface area contributed by atoms with Gasteiger partial charge in [-0.3, -0.25) is 10.1 Å². The average Bonchev–Trinajstić information content (AvgIpc) is 2.83. The van der Waals surface area contributed by atoms with Gasteiger partial charge in [0.05, 0.1) is 12.6 Å². The van der Waals surface area contributed by atoms with Crippen molar-refractivity contribution in [1.82, 2.24) is 10.2 Å². The molecule has 0 spiro atoms. The van der Waals surface area contributed by atoms with Gasteiger partial charge in [0.25, 0.3) is 0 Å². The Labute approximate surface area is 106 Å². The van der Waals surface area contributed by atoms with Crippen LogP contribution >= 0.6 is 11.3 Å². The maximum atomic E-state index is 12.0. The van der Waals surface area contributed by atoms with Crippen LogP contribution in [0.4, 0.5) is 0 Å². The summed E-state index contributed by atoms with van der Waals surface area (Å²) < 4.78 is 5.06. The molecule has 1 fully saturated rings. The highest BCUT2D eigenvalue weighted by Gasteiger charge is 2.37. The van der Waals surface area contributed by atoms with Crippen LogP contribution in [0.1, 0.15) is 22.8 Å². The number of nitrogens with one attached hydrogen (secondary N) is 1. The minimum Gasteiger partial charge on any atom is -0.383 e. The van der Waals surface area contributed by atoms with E-state index < -0.39 is 0 Å². The summed E-state index contributed by atoms with van der Waals surface area (Å²) in [6.07, 6.45) is 0.00588. The van der Waals surface area contributed by atoms with Crippen LogP contribution in [0.15, 0.2) is 12.1 Å². The van der Waals surface area contributed by atoms with Crippen molar-refractivity contribution in [2.75, 3.05) is 20.3 Å². The average molecular weight is 254 g/mol. The molecule has 0 aliphatic carbocycles. The fraction of sp³-hybridized carbons (Fsp3) is 0.583. The lowest BCUT2D eigenvalue weighted by Crippen LogP contribution is -2.33. The summed E-state index contributed by atoms with van der Waals surface area (Å²) in [7, 11) is 1.65. The first kappa shape index (κ1) is 12.5. The van der Waals surface area contributed by atoms with E-state index in [4.69, 9.17) is 4.74 Å². The number of carbonyl (C=O) groups excluding carboxylic acids is 1. The van der Waals surface area contributed by atoms with Crippen LogP contribution in [0.25, 0.3) is 0 Å². The molecule has 2 rings (SSSR count). The van der Waals surface area contributed by atoms with Crippen LogP contribution < -0.4 is 5.32 Å². The maximum Gasteiger partial charge on any atom is 0.241 e. The van der Waals surface area contributed by atoms with Crippen LogP contribution in [0.2, 0.25) is 0 Å².